The average molecular weight is 597 g/mol. The van der Waals surface area contributed by atoms with Crippen molar-refractivity contribution in [3.05, 3.63) is 108 Å². The lowest BCUT2D eigenvalue weighted by Gasteiger charge is -2.41. The lowest BCUT2D eigenvalue weighted by molar-refractivity contribution is -0.297. The molecule has 0 unspecified atom stereocenters. The molecule has 1 aliphatic heterocycles. The monoisotopic (exact) mass is 596 g/mol. The topological polar surface area (TPSA) is 145 Å². The third-order valence-corrected chi connectivity index (χ3v) is 6.28. The molecular weight excluding hydrogens is 564 g/mol. The number of aliphatic hydroxyl groups excluding tert-OH is 1. The van der Waals surface area contributed by atoms with Crippen LogP contribution in [0, 0.1) is 0 Å². The van der Waals surface area contributed by atoms with Crippen LogP contribution in [0.25, 0.3) is 0 Å². The number of benzene rings is 3. The number of aliphatic hydroxyl groups is 1. The Balaban J connectivity index is 1.40. The summed E-state index contributed by atoms with van der Waals surface area (Å²) < 4.78 is 42.4. The van der Waals surface area contributed by atoms with Gasteiger partial charge in [-0.3, -0.25) is 0 Å². The second-order valence-corrected chi connectivity index (χ2v) is 9.32. The van der Waals surface area contributed by atoms with E-state index < -0.39 is 55.8 Å². The smallest absolute Gasteiger partial charge is 0.431 e. The number of methoxy groups -OCH3 is 1. The van der Waals surface area contributed by atoms with E-state index in [0.29, 0.717) is 11.1 Å². The number of rotatable bonds is 11. The van der Waals surface area contributed by atoms with Crippen molar-refractivity contribution < 1.29 is 57.4 Å². The zero-order valence-electron chi connectivity index (χ0n) is 23.3. The molecule has 3 aromatic rings. The SMILES string of the molecule is CO[C@H]1O[C@H](COC(=O)OCc2ccccc2)[C@@H](O)[C@H](OC(=O)OCc2ccccc2)[C@H]1OC(=O)OCc1ccccc1. The molecule has 1 fully saturated rings. The van der Waals surface area contributed by atoms with Crippen LogP contribution in [0.4, 0.5) is 14.4 Å². The molecule has 5 atom stereocenters. The molecule has 0 amide bonds. The second kappa shape index (κ2) is 16.1. The molecule has 4 rings (SSSR count). The number of hydrogen-bond acceptors (Lipinski definition) is 12. The van der Waals surface area contributed by atoms with Crippen LogP contribution in [0.5, 0.6) is 0 Å². The highest BCUT2D eigenvalue weighted by Gasteiger charge is 2.51. The van der Waals surface area contributed by atoms with Crippen LogP contribution in [0.1, 0.15) is 16.7 Å². The van der Waals surface area contributed by atoms with Crippen molar-refractivity contribution >= 4 is 18.5 Å². The zero-order chi connectivity index (χ0) is 30.4. The van der Waals surface area contributed by atoms with Gasteiger partial charge in [-0.1, -0.05) is 91.0 Å². The van der Waals surface area contributed by atoms with Gasteiger partial charge in [0.1, 0.15) is 38.6 Å². The predicted molar refractivity (Wildman–Crippen MR) is 147 cm³/mol. The zero-order valence-corrected chi connectivity index (χ0v) is 23.3. The maximum atomic E-state index is 12.6. The van der Waals surface area contributed by atoms with Crippen molar-refractivity contribution in [1.82, 2.24) is 0 Å². The molecule has 0 spiro atoms. The number of ether oxygens (including phenoxy) is 8. The van der Waals surface area contributed by atoms with E-state index in [1.807, 2.05) is 18.2 Å². The normalized spacial score (nSPS) is 21.2. The molecule has 0 aromatic heterocycles. The van der Waals surface area contributed by atoms with Crippen LogP contribution in [0.15, 0.2) is 91.0 Å². The molecule has 1 N–H and O–H groups in total. The first-order valence-electron chi connectivity index (χ1n) is 13.4. The number of hydrogen-bond donors (Lipinski definition) is 1. The average Bonchev–Trinajstić information content (AvgIpc) is 3.04. The van der Waals surface area contributed by atoms with Crippen LogP contribution in [0.3, 0.4) is 0 Å². The minimum Gasteiger partial charge on any atom is -0.431 e. The second-order valence-electron chi connectivity index (χ2n) is 9.32. The van der Waals surface area contributed by atoms with Crippen LogP contribution < -0.4 is 0 Å². The summed E-state index contributed by atoms with van der Waals surface area (Å²) in [5.41, 5.74) is 2.14. The van der Waals surface area contributed by atoms with E-state index in [1.165, 1.54) is 7.11 Å². The van der Waals surface area contributed by atoms with Gasteiger partial charge in [-0.05, 0) is 16.7 Å². The van der Waals surface area contributed by atoms with E-state index in [0.717, 1.165) is 5.56 Å². The third-order valence-electron chi connectivity index (χ3n) is 6.28. The van der Waals surface area contributed by atoms with Crippen molar-refractivity contribution in [2.24, 2.45) is 0 Å². The lowest BCUT2D eigenvalue weighted by atomic mass is 9.99. The van der Waals surface area contributed by atoms with Gasteiger partial charge in [-0.25, -0.2) is 14.4 Å². The molecule has 1 saturated heterocycles. The van der Waals surface area contributed by atoms with E-state index in [4.69, 9.17) is 37.9 Å². The Morgan fingerprint density at radius 1 is 0.628 bits per heavy atom. The largest absolute Gasteiger partial charge is 0.509 e. The number of carbonyl (C=O) groups is 3. The first-order chi connectivity index (χ1) is 20.9. The molecule has 0 bridgehead atoms. The summed E-state index contributed by atoms with van der Waals surface area (Å²) in [7, 11) is 1.25. The van der Waals surface area contributed by atoms with Crippen molar-refractivity contribution in [1.29, 1.82) is 0 Å². The van der Waals surface area contributed by atoms with Gasteiger partial charge in [-0.2, -0.15) is 0 Å². The maximum absolute atomic E-state index is 12.6. The fourth-order valence-corrected chi connectivity index (χ4v) is 4.11. The van der Waals surface area contributed by atoms with Crippen LogP contribution in [-0.4, -0.2) is 68.0 Å². The summed E-state index contributed by atoms with van der Waals surface area (Å²) in [5.74, 6) is 0. The lowest BCUT2D eigenvalue weighted by Crippen LogP contribution is -2.61. The van der Waals surface area contributed by atoms with Gasteiger partial charge in [0.05, 0.1) is 0 Å². The molecule has 0 radical (unpaired) electrons. The molecule has 12 nitrogen and oxygen atoms in total. The Morgan fingerprint density at radius 2 is 1.05 bits per heavy atom. The van der Waals surface area contributed by atoms with Crippen LogP contribution in [0.2, 0.25) is 0 Å². The maximum Gasteiger partial charge on any atom is 0.509 e. The van der Waals surface area contributed by atoms with Crippen molar-refractivity contribution in [2.75, 3.05) is 13.7 Å². The highest BCUT2D eigenvalue weighted by Crippen LogP contribution is 2.28. The van der Waals surface area contributed by atoms with Crippen molar-refractivity contribution in [3.63, 3.8) is 0 Å². The van der Waals surface area contributed by atoms with Gasteiger partial charge in [0.25, 0.3) is 0 Å². The predicted octanol–water partition coefficient (Wildman–Crippen LogP) is 4.52. The van der Waals surface area contributed by atoms with Crippen molar-refractivity contribution in [2.45, 2.75) is 50.5 Å². The standard InChI is InChI=1S/C31H32O12/c1-36-28-27(43-31(35)39-19-23-15-9-4-10-16-23)26(42-30(34)38-18-22-13-7-3-8-14-22)25(32)24(41-28)20-40-29(33)37-17-21-11-5-2-6-12-21/h2-16,24-28,32H,17-20H2,1H3/t24-,25-,26+,27-,28+/m1/s1. The molecule has 1 heterocycles. The fraction of sp³-hybridized carbons (Fsp3) is 0.323. The van der Waals surface area contributed by atoms with Crippen LogP contribution >= 0.6 is 0 Å². The molecule has 228 valence electrons. The molecule has 43 heavy (non-hydrogen) atoms. The van der Waals surface area contributed by atoms with E-state index in [9.17, 15) is 19.5 Å². The summed E-state index contributed by atoms with van der Waals surface area (Å²) >= 11 is 0. The molecule has 3 aromatic carbocycles. The van der Waals surface area contributed by atoms with Crippen LogP contribution in [-0.2, 0) is 57.7 Å². The molecule has 0 aliphatic carbocycles. The van der Waals surface area contributed by atoms with E-state index in [-0.39, 0.29) is 19.8 Å². The third kappa shape index (κ3) is 9.70. The highest BCUT2D eigenvalue weighted by atomic mass is 16.8. The first kappa shape index (κ1) is 31.3. The Bertz CT molecular complexity index is 1290. The van der Waals surface area contributed by atoms with Gasteiger partial charge in [0.15, 0.2) is 18.5 Å². The molecular formula is C31H32O12. The summed E-state index contributed by atoms with van der Waals surface area (Å²) in [4.78, 5) is 37.4. The van der Waals surface area contributed by atoms with Gasteiger partial charge >= 0.3 is 18.5 Å². The fourth-order valence-electron chi connectivity index (χ4n) is 4.11. The molecule has 0 saturated carbocycles. The summed E-state index contributed by atoms with van der Waals surface area (Å²) in [6.45, 7) is -0.746. The van der Waals surface area contributed by atoms with Crippen molar-refractivity contribution in [3.8, 4) is 0 Å². The number of carbonyl (C=O) groups excluding carboxylic acids is 3. The summed E-state index contributed by atoms with van der Waals surface area (Å²) in [6, 6.07) is 26.7. The first-order valence-corrected chi connectivity index (χ1v) is 13.4. The minimum atomic E-state index is -1.65. The van der Waals surface area contributed by atoms with Gasteiger partial charge in [-0.15, -0.1) is 0 Å². The highest BCUT2D eigenvalue weighted by molar-refractivity contribution is 5.62. The van der Waals surface area contributed by atoms with E-state index in [1.54, 1.807) is 72.8 Å². The Kier molecular flexibility index (Phi) is 11.7. The quantitative estimate of drug-likeness (QED) is 0.245. The Morgan fingerprint density at radius 3 is 1.49 bits per heavy atom. The Hall–Kier alpha value is -4.65. The summed E-state index contributed by atoms with van der Waals surface area (Å²) in [5, 5.41) is 11.1. The van der Waals surface area contributed by atoms with Gasteiger partial charge in [0.2, 0.25) is 0 Å². The van der Waals surface area contributed by atoms with Gasteiger partial charge in [0, 0.05) is 7.11 Å². The molecule has 1 aliphatic rings. The van der Waals surface area contributed by atoms with E-state index in [2.05, 4.69) is 0 Å². The Labute approximate surface area is 247 Å². The van der Waals surface area contributed by atoms with Gasteiger partial charge < -0.3 is 43.0 Å². The minimum absolute atomic E-state index is 0.0333. The van der Waals surface area contributed by atoms with E-state index >= 15 is 0 Å². The summed E-state index contributed by atoms with van der Waals surface area (Å²) in [6.07, 6.45) is -10.6. The molecule has 12 heteroatoms.